The van der Waals surface area contributed by atoms with Gasteiger partial charge in [0.05, 0.1) is 11.6 Å². The summed E-state index contributed by atoms with van der Waals surface area (Å²) in [6, 6.07) is 15.9. The second-order valence-electron chi connectivity index (χ2n) is 4.75. The maximum atomic E-state index is 11.8. The normalized spacial score (nSPS) is 9.64. The molecule has 0 atom stereocenters. The van der Waals surface area contributed by atoms with E-state index in [0.29, 0.717) is 17.8 Å². The summed E-state index contributed by atoms with van der Waals surface area (Å²) < 4.78 is 0. The highest BCUT2D eigenvalue weighted by Gasteiger charge is 2.13. The first-order chi connectivity index (χ1) is 10.6. The van der Waals surface area contributed by atoms with Gasteiger partial charge in [0.1, 0.15) is 0 Å². The van der Waals surface area contributed by atoms with Gasteiger partial charge in [-0.15, -0.1) is 0 Å². The number of hydrogen-bond acceptors (Lipinski definition) is 3. The first-order valence-corrected chi connectivity index (χ1v) is 6.74. The number of anilines is 1. The molecule has 2 rings (SSSR count). The lowest BCUT2D eigenvalue weighted by molar-refractivity contribution is -0.136. The van der Waals surface area contributed by atoms with E-state index in [1.807, 2.05) is 37.3 Å². The minimum atomic E-state index is -0.738. The molecule has 0 aliphatic carbocycles. The molecule has 0 aromatic heterocycles. The first-order valence-electron chi connectivity index (χ1n) is 6.74. The molecule has 0 fully saturated rings. The number of benzene rings is 2. The van der Waals surface area contributed by atoms with Gasteiger partial charge >= 0.3 is 11.8 Å². The summed E-state index contributed by atoms with van der Waals surface area (Å²) in [6.07, 6.45) is 0. The maximum Gasteiger partial charge on any atom is 0.313 e. The molecule has 0 unspecified atom stereocenters. The summed E-state index contributed by atoms with van der Waals surface area (Å²) in [4.78, 5) is 23.6. The van der Waals surface area contributed by atoms with Crippen molar-refractivity contribution in [1.82, 2.24) is 5.32 Å². The molecule has 2 amide bonds. The number of nitrogens with one attached hydrogen (secondary N) is 2. The van der Waals surface area contributed by atoms with Crippen molar-refractivity contribution in [2.45, 2.75) is 13.5 Å². The maximum absolute atomic E-state index is 11.8. The van der Waals surface area contributed by atoms with Crippen LogP contribution in [-0.4, -0.2) is 11.8 Å². The second-order valence-corrected chi connectivity index (χ2v) is 4.75. The van der Waals surface area contributed by atoms with Crippen molar-refractivity contribution >= 4 is 17.5 Å². The molecule has 0 aliphatic heterocycles. The van der Waals surface area contributed by atoms with Crippen LogP contribution in [0.25, 0.3) is 0 Å². The van der Waals surface area contributed by atoms with Crippen molar-refractivity contribution < 1.29 is 9.59 Å². The topological polar surface area (TPSA) is 82.0 Å². The number of nitriles is 1. The van der Waals surface area contributed by atoms with Crippen molar-refractivity contribution in [2.75, 3.05) is 5.32 Å². The van der Waals surface area contributed by atoms with E-state index in [1.165, 1.54) is 0 Å². The summed E-state index contributed by atoms with van der Waals surface area (Å²) >= 11 is 0. The van der Waals surface area contributed by atoms with Crippen LogP contribution in [0.1, 0.15) is 16.7 Å². The zero-order chi connectivity index (χ0) is 15.9. The summed E-state index contributed by atoms with van der Waals surface area (Å²) in [5.41, 5.74) is 2.97. The Kier molecular flexibility index (Phi) is 4.89. The van der Waals surface area contributed by atoms with Crippen molar-refractivity contribution in [3.05, 3.63) is 65.2 Å². The molecule has 0 spiro atoms. The van der Waals surface area contributed by atoms with Crippen molar-refractivity contribution in [3.8, 4) is 6.07 Å². The monoisotopic (exact) mass is 293 g/mol. The van der Waals surface area contributed by atoms with Crippen LogP contribution in [0, 0.1) is 18.3 Å². The molecule has 0 saturated heterocycles. The molecule has 2 aromatic rings. The Labute approximate surface area is 128 Å². The molecule has 0 radical (unpaired) electrons. The van der Waals surface area contributed by atoms with E-state index in [2.05, 4.69) is 10.6 Å². The average molecular weight is 293 g/mol. The third-order valence-corrected chi connectivity index (χ3v) is 3.18. The van der Waals surface area contributed by atoms with Gasteiger partial charge in [-0.25, -0.2) is 0 Å². The Balaban J connectivity index is 1.91. The van der Waals surface area contributed by atoms with Crippen molar-refractivity contribution in [2.24, 2.45) is 0 Å². The van der Waals surface area contributed by atoms with Crippen molar-refractivity contribution in [1.29, 1.82) is 5.26 Å². The molecule has 0 aliphatic rings. The van der Waals surface area contributed by atoms with E-state index in [4.69, 9.17) is 5.26 Å². The number of carbonyl (C=O) groups is 2. The molecular formula is C17H15N3O2. The molecular weight excluding hydrogens is 278 g/mol. The van der Waals surface area contributed by atoms with Crippen LogP contribution in [0.5, 0.6) is 0 Å². The van der Waals surface area contributed by atoms with Crippen molar-refractivity contribution in [3.63, 3.8) is 0 Å². The van der Waals surface area contributed by atoms with E-state index in [1.54, 1.807) is 24.3 Å². The van der Waals surface area contributed by atoms with Gasteiger partial charge in [-0.3, -0.25) is 9.59 Å². The predicted molar refractivity (Wildman–Crippen MR) is 82.8 cm³/mol. The Morgan fingerprint density at radius 1 is 1.05 bits per heavy atom. The van der Waals surface area contributed by atoms with E-state index in [-0.39, 0.29) is 0 Å². The Morgan fingerprint density at radius 3 is 2.36 bits per heavy atom. The highest BCUT2D eigenvalue weighted by Crippen LogP contribution is 2.09. The van der Waals surface area contributed by atoms with Crippen LogP contribution in [-0.2, 0) is 16.1 Å². The third-order valence-electron chi connectivity index (χ3n) is 3.18. The molecule has 110 valence electrons. The highest BCUT2D eigenvalue weighted by atomic mass is 16.2. The fourth-order valence-corrected chi connectivity index (χ4v) is 1.88. The predicted octanol–water partition coefficient (Wildman–Crippen LogP) is 2.12. The first kappa shape index (κ1) is 15.3. The number of rotatable bonds is 3. The zero-order valence-corrected chi connectivity index (χ0v) is 12.1. The van der Waals surface area contributed by atoms with Crippen LogP contribution in [0.15, 0.2) is 48.5 Å². The molecule has 2 aromatic carbocycles. The zero-order valence-electron chi connectivity index (χ0n) is 12.1. The summed E-state index contributed by atoms with van der Waals surface area (Å²) in [6.45, 7) is 2.24. The lowest BCUT2D eigenvalue weighted by Crippen LogP contribution is -2.35. The molecule has 22 heavy (non-hydrogen) atoms. The SMILES string of the molecule is Cc1ccccc1CNC(=O)C(=O)Nc1ccc(C#N)cc1. The number of carbonyl (C=O) groups excluding carboxylic acids is 2. The van der Waals surface area contributed by atoms with Gasteiger partial charge in [-0.1, -0.05) is 24.3 Å². The lowest BCUT2D eigenvalue weighted by atomic mass is 10.1. The van der Waals surface area contributed by atoms with Crippen LogP contribution >= 0.6 is 0 Å². The number of amides is 2. The van der Waals surface area contributed by atoms with E-state index < -0.39 is 11.8 Å². The fourth-order valence-electron chi connectivity index (χ4n) is 1.88. The van der Waals surface area contributed by atoms with E-state index in [9.17, 15) is 9.59 Å². The van der Waals surface area contributed by atoms with Gasteiger partial charge in [0.15, 0.2) is 0 Å². The molecule has 0 heterocycles. The quantitative estimate of drug-likeness (QED) is 0.850. The van der Waals surface area contributed by atoms with Crippen LogP contribution in [0.2, 0.25) is 0 Å². The van der Waals surface area contributed by atoms with E-state index >= 15 is 0 Å². The summed E-state index contributed by atoms with van der Waals surface area (Å²) in [7, 11) is 0. The number of nitrogens with zero attached hydrogens (tertiary/aromatic N) is 1. The summed E-state index contributed by atoms with van der Waals surface area (Å²) in [5.74, 6) is -1.44. The van der Waals surface area contributed by atoms with Crippen LogP contribution < -0.4 is 10.6 Å². The summed E-state index contributed by atoms with van der Waals surface area (Å²) in [5, 5.41) is 13.8. The number of aryl methyl sites for hydroxylation is 1. The molecule has 0 bridgehead atoms. The van der Waals surface area contributed by atoms with Crippen LogP contribution in [0.3, 0.4) is 0 Å². The largest absolute Gasteiger partial charge is 0.344 e. The smallest absolute Gasteiger partial charge is 0.313 e. The Bertz CT molecular complexity index is 730. The third kappa shape index (κ3) is 3.93. The molecule has 5 heteroatoms. The van der Waals surface area contributed by atoms with Gasteiger partial charge in [0.2, 0.25) is 0 Å². The lowest BCUT2D eigenvalue weighted by Gasteiger charge is -2.08. The van der Waals surface area contributed by atoms with Gasteiger partial charge < -0.3 is 10.6 Å². The number of hydrogen-bond donors (Lipinski definition) is 2. The van der Waals surface area contributed by atoms with Gasteiger partial charge in [0, 0.05) is 12.2 Å². The Hall–Kier alpha value is -3.13. The Morgan fingerprint density at radius 2 is 1.73 bits per heavy atom. The van der Waals surface area contributed by atoms with Gasteiger partial charge in [-0.05, 0) is 42.3 Å². The molecule has 5 nitrogen and oxygen atoms in total. The van der Waals surface area contributed by atoms with Gasteiger partial charge in [0.25, 0.3) is 0 Å². The fraction of sp³-hybridized carbons (Fsp3) is 0.118. The average Bonchev–Trinajstić information content (AvgIpc) is 2.54. The minimum absolute atomic E-state index is 0.298. The standard InChI is InChI=1S/C17H15N3O2/c1-12-4-2-3-5-14(12)11-19-16(21)17(22)20-15-8-6-13(10-18)7-9-15/h2-9H,11H2,1H3,(H,19,21)(H,20,22). The molecule has 2 N–H and O–H groups in total. The van der Waals surface area contributed by atoms with Gasteiger partial charge in [-0.2, -0.15) is 5.26 Å². The minimum Gasteiger partial charge on any atom is -0.344 e. The van der Waals surface area contributed by atoms with E-state index in [0.717, 1.165) is 11.1 Å². The molecule has 0 saturated carbocycles. The second kappa shape index (κ2) is 7.04. The highest BCUT2D eigenvalue weighted by molar-refractivity contribution is 6.39. The van der Waals surface area contributed by atoms with Crippen LogP contribution in [0.4, 0.5) is 5.69 Å².